The van der Waals surface area contributed by atoms with Crippen molar-refractivity contribution >= 4 is 27.4 Å². The first-order valence-electron chi connectivity index (χ1n) is 7.36. The van der Waals surface area contributed by atoms with Crippen molar-refractivity contribution < 1.29 is 17.7 Å². The molecule has 8 heteroatoms. The van der Waals surface area contributed by atoms with Gasteiger partial charge in [-0.3, -0.25) is 4.79 Å². The summed E-state index contributed by atoms with van der Waals surface area (Å²) in [5.41, 5.74) is 3.63. The number of nitrogens with zero attached hydrogens (tertiary/aromatic N) is 2. The van der Waals surface area contributed by atoms with Crippen LogP contribution in [0.1, 0.15) is 22.5 Å². The van der Waals surface area contributed by atoms with Crippen molar-refractivity contribution in [3.05, 3.63) is 40.6 Å². The number of amides is 1. The molecule has 24 heavy (non-hydrogen) atoms. The number of aryl methyl sites for hydroxylation is 4. The van der Waals surface area contributed by atoms with E-state index in [0.29, 0.717) is 11.4 Å². The quantitative estimate of drug-likeness (QED) is 0.892. The predicted octanol–water partition coefficient (Wildman–Crippen LogP) is 2.31. The molecule has 1 N–H and O–H groups in total. The molecule has 0 aliphatic carbocycles. The van der Waals surface area contributed by atoms with Gasteiger partial charge in [-0.05, 0) is 38.8 Å². The van der Waals surface area contributed by atoms with Crippen LogP contribution in [0.5, 0.6) is 0 Å². The molecular formula is C16H21N3O4S. The Balaban J connectivity index is 2.23. The number of hydrogen-bond donors (Lipinski definition) is 1. The Bertz CT molecular complexity index is 848. The third kappa shape index (κ3) is 4.14. The van der Waals surface area contributed by atoms with Gasteiger partial charge in [-0.15, -0.1) is 0 Å². The molecule has 0 bridgehead atoms. The van der Waals surface area contributed by atoms with Crippen LogP contribution in [-0.2, 0) is 14.8 Å². The molecule has 0 aliphatic heterocycles. The van der Waals surface area contributed by atoms with Gasteiger partial charge in [-0.1, -0.05) is 22.9 Å². The first-order chi connectivity index (χ1) is 11.1. The van der Waals surface area contributed by atoms with Gasteiger partial charge in [0.05, 0.1) is 6.26 Å². The number of carbonyl (C=O) groups is 1. The standard InChI is InChI=1S/C16H21N3O4S/c1-10-6-11(2)16(12(3)7-10)17-15(20)9-19(24(5,21)22)14-8-13(4)23-18-14/h6-8H,9H2,1-5H3,(H,17,20). The lowest BCUT2D eigenvalue weighted by molar-refractivity contribution is -0.114. The summed E-state index contributed by atoms with van der Waals surface area (Å²) in [5.74, 6) is 0.0999. The third-order valence-electron chi connectivity index (χ3n) is 3.50. The summed E-state index contributed by atoms with van der Waals surface area (Å²) in [6.45, 7) is 7.04. The number of benzene rings is 1. The summed E-state index contributed by atoms with van der Waals surface area (Å²) in [6, 6.07) is 5.38. The molecular weight excluding hydrogens is 330 g/mol. The minimum absolute atomic E-state index is 0.0856. The molecule has 1 heterocycles. The average molecular weight is 351 g/mol. The maximum absolute atomic E-state index is 12.4. The van der Waals surface area contributed by atoms with Crippen LogP contribution in [0.3, 0.4) is 0 Å². The lowest BCUT2D eigenvalue weighted by atomic mass is 10.1. The van der Waals surface area contributed by atoms with Gasteiger partial charge in [0.1, 0.15) is 12.3 Å². The topological polar surface area (TPSA) is 92.5 Å². The molecule has 2 rings (SSSR count). The maximum atomic E-state index is 12.4. The molecule has 0 spiro atoms. The number of nitrogens with one attached hydrogen (secondary N) is 1. The van der Waals surface area contributed by atoms with E-state index in [2.05, 4.69) is 10.5 Å². The third-order valence-corrected chi connectivity index (χ3v) is 4.62. The smallest absolute Gasteiger partial charge is 0.245 e. The van der Waals surface area contributed by atoms with E-state index in [0.717, 1.165) is 27.3 Å². The number of anilines is 2. The van der Waals surface area contributed by atoms with E-state index < -0.39 is 15.9 Å². The number of sulfonamides is 1. The Hall–Kier alpha value is -2.35. The van der Waals surface area contributed by atoms with E-state index in [9.17, 15) is 13.2 Å². The summed E-state index contributed by atoms with van der Waals surface area (Å²) in [4.78, 5) is 12.4. The number of carbonyl (C=O) groups excluding carboxylic acids is 1. The molecule has 1 aromatic carbocycles. The first-order valence-corrected chi connectivity index (χ1v) is 9.21. The zero-order valence-corrected chi connectivity index (χ0v) is 15.2. The largest absolute Gasteiger partial charge is 0.360 e. The number of hydrogen-bond acceptors (Lipinski definition) is 5. The SMILES string of the molecule is Cc1cc(C)c(NC(=O)CN(c2cc(C)on2)S(C)(=O)=O)c(C)c1. The lowest BCUT2D eigenvalue weighted by Gasteiger charge is -2.19. The Kier molecular flexibility index (Phi) is 4.98. The van der Waals surface area contributed by atoms with Crippen molar-refractivity contribution in [2.75, 3.05) is 22.4 Å². The van der Waals surface area contributed by atoms with Crippen molar-refractivity contribution in [3.8, 4) is 0 Å². The molecule has 0 aliphatic rings. The summed E-state index contributed by atoms with van der Waals surface area (Å²) in [5, 5.41) is 6.46. The fraction of sp³-hybridized carbons (Fsp3) is 0.375. The minimum Gasteiger partial charge on any atom is -0.360 e. The first kappa shape index (κ1) is 18.0. The Labute approximate surface area is 141 Å². The Morgan fingerprint density at radius 1 is 1.17 bits per heavy atom. The van der Waals surface area contributed by atoms with E-state index >= 15 is 0 Å². The van der Waals surface area contributed by atoms with E-state index in [1.165, 1.54) is 6.07 Å². The van der Waals surface area contributed by atoms with Gasteiger partial charge in [0.25, 0.3) is 0 Å². The van der Waals surface area contributed by atoms with Crippen molar-refractivity contribution in [1.82, 2.24) is 5.16 Å². The highest BCUT2D eigenvalue weighted by Gasteiger charge is 2.24. The molecule has 130 valence electrons. The molecule has 0 saturated heterocycles. The maximum Gasteiger partial charge on any atom is 0.245 e. The van der Waals surface area contributed by atoms with Crippen LogP contribution in [0.15, 0.2) is 22.7 Å². The molecule has 0 atom stereocenters. The van der Waals surface area contributed by atoms with Crippen molar-refractivity contribution in [3.63, 3.8) is 0 Å². The Morgan fingerprint density at radius 3 is 2.21 bits per heavy atom. The van der Waals surface area contributed by atoms with Crippen molar-refractivity contribution in [2.45, 2.75) is 27.7 Å². The van der Waals surface area contributed by atoms with Gasteiger partial charge < -0.3 is 9.84 Å². The van der Waals surface area contributed by atoms with Crippen LogP contribution in [0.25, 0.3) is 0 Å². The summed E-state index contributed by atoms with van der Waals surface area (Å²) in [7, 11) is -3.67. The van der Waals surface area contributed by atoms with Crippen molar-refractivity contribution in [2.24, 2.45) is 0 Å². The van der Waals surface area contributed by atoms with Crippen LogP contribution < -0.4 is 9.62 Å². The summed E-state index contributed by atoms with van der Waals surface area (Å²) >= 11 is 0. The fourth-order valence-corrected chi connectivity index (χ4v) is 3.30. The Morgan fingerprint density at radius 2 is 1.75 bits per heavy atom. The number of rotatable bonds is 5. The van der Waals surface area contributed by atoms with Gasteiger partial charge in [-0.2, -0.15) is 0 Å². The molecule has 0 radical (unpaired) electrons. The second kappa shape index (κ2) is 6.64. The zero-order valence-electron chi connectivity index (χ0n) is 14.4. The lowest BCUT2D eigenvalue weighted by Crippen LogP contribution is -2.37. The number of aromatic nitrogens is 1. The fourth-order valence-electron chi connectivity index (χ4n) is 2.53. The highest BCUT2D eigenvalue weighted by Crippen LogP contribution is 2.22. The predicted molar refractivity (Wildman–Crippen MR) is 92.7 cm³/mol. The van der Waals surface area contributed by atoms with Crippen molar-refractivity contribution in [1.29, 1.82) is 0 Å². The molecule has 7 nitrogen and oxygen atoms in total. The second-order valence-electron chi connectivity index (χ2n) is 5.89. The van der Waals surface area contributed by atoms with Gasteiger partial charge in [0, 0.05) is 11.8 Å². The van der Waals surface area contributed by atoms with Gasteiger partial charge in [-0.25, -0.2) is 12.7 Å². The van der Waals surface area contributed by atoms with E-state index in [-0.39, 0.29) is 12.4 Å². The highest BCUT2D eigenvalue weighted by atomic mass is 32.2. The van der Waals surface area contributed by atoms with E-state index in [1.807, 2.05) is 32.9 Å². The summed E-state index contributed by atoms with van der Waals surface area (Å²) in [6.07, 6.45) is 1.02. The van der Waals surface area contributed by atoms with Crippen LogP contribution in [-0.4, -0.2) is 32.3 Å². The molecule has 1 amide bonds. The minimum atomic E-state index is -3.67. The van der Waals surface area contributed by atoms with E-state index in [4.69, 9.17) is 4.52 Å². The van der Waals surface area contributed by atoms with E-state index in [1.54, 1.807) is 6.92 Å². The normalized spacial score (nSPS) is 11.4. The summed E-state index contributed by atoms with van der Waals surface area (Å²) < 4.78 is 29.8. The van der Waals surface area contributed by atoms with Gasteiger partial charge in [0.15, 0.2) is 5.82 Å². The zero-order chi connectivity index (χ0) is 18.1. The van der Waals surface area contributed by atoms with Crippen LogP contribution >= 0.6 is 0 Å². The monoisotopic (exact) mass is 351 g/mol. The molecule has 0 unspecified atom stereocenters. The molecule has 0 saturated carbocycles. The van der Waals surface area contributed by atoms with Crippen LogP contribution in [0.2, 0.25) is 0 Å². The molecule has 0 fully saturated rings. The molecule has 2 aromatic rings. The highest BCUT2D eigenvalue weighted by molar-refractivity contribution is 7.92. The van der Waals surface area contributed by atoms with Crippen LogP contribution in [0, 0.1) is 27.7 Å². The van der Waals surface area contributed by atoms with Gasteiger partial charge >= 0.3 is 0 Å². The van der Waals surface area contributed by atoms with Gasteiger partial charge in [0.2, 0.25) is 15.9 Å². The molecule has 1 aromatic heterocycles. The van der Waals surface area contributed by atoms with Crippen LogP contribution in [0.4, 0.5) is 11.5 Å². The average Bonchev–Trinajstić information content (AvgIpc) is 2.85. The second-order valence-corrected chi connectivity index (χ2v) is 7.79.